The Morgan fingerprint density at radius 1 is 1.53 bits per heavy atom. The Hall–Kier alpha value is -2.11. The molecule has 1 rings (SSSR count). The summed E-state index contributed by atoms with van der Waals surface area (Å²) < 4.78 is 0. The quantitative estimate of drug-likeness (QED) is 0.625. The van der Waals surface area contributed by atoms with Crippen LogP contribution in [-0.4, -0.2) is 28.6 Å². The highest BCUT2D eigenvalue weighted by molar-refractivity contribution is 5.74. The second-order valence-corrected chi connectivity index (χ2v) is 3.89. The maximum Gasteiger partial charge on any atom is 0.323 e. The van der Waals surface area contributed by atoms with Crippen molar-refractivity contribution >= 4 is 17.3 Å². The molecule has 0 aliphatic rings. The number of nitrogens with zero attached hydrogens (tertiary/aromatic N) is 2. The largest absolute Gasteiger partial charge is 0.480 e. The molecule has 0 aromatic heterocycles. The molecule has 0 spiro atoms. The number of carbonyl (C=O) groups is 1. The van der Waals surface area contributed by atoms with Gasteiger partial charge in [-0.25, -0.2) is 0 Å². The van der Waals surface area contributed by atoms with Crippen LogP contribution in [0.15, 0.2) is 24.3 Å². The van der Waals surface area contributed by atoms with Gasteiger partial charge >= 0.3 is 5.97 Å². The van der Waals surface area contributed by atoms with Crippen LogP contribution in [0, 0.1) is 10.1 Å². The topological polar surface area (TPSA) is 83.7 Å². The van der Waals surface area contributed by atoms with Crippen LogP contribution in [0.4, 0.5) is 11.4 Å². The molecule has 0 amide bonds. The molecule has 17 heavy (non-hydrogen) atoms. The summed E-state index contributed by atoms with van der Waals surface area (Å²) in [7, 11) is 0. The van der Waals surface area contributed by atoms with Crippen molar-refractivity contribution in [2.45, 2.75) is 19.9 Å². The number of nitro groups is 1. The van der Waals surface area contributed by atoms with Gasteiger partial charge < -0.3 is 10.0 Å². The fourth-order valence-corrected chi connectivity index (χ4v) is 1.50. The van der Waals surface area contributed by atoms with Gasteiger partial charge in [-0.2, -0.15) is 0 Å². The van der Waals surface area contributed by atoms with E-state index in [9.17, 15) is 14.9 Å². The number of carboxylic acid groups (broad SMARTS) is 1. The predicted molar refractivity (Wildman–Crippen MR) is 63.2 cm³/mol. The fraction of sp³-hybridized carbons (Fsp3) is 0.364. The lowest BCUT2D eigenvalue weighted by Gasteiger charge is -2.26. The number of hydrogen-bond donors (Lipinski definition) is 1. The molecule has 0 atom stereocenters. The Morgan fingerprint density at radius 2 is 2.18 bits per heavy atom. The van der Waals surface area contributed by atoms with Gasteiger partial charge in [0.1, 0.15) is 6.54 Å². The summed E-state index contributed by atoms with van der Waals surface area (Å²) in [6.07, 6.45) is 0. The molecule has 0 saturated heterocycles. The molecular formula is C11H14N2O4. The van der Waals surface area contributed by atoms with Crippen molar-refractivity contribution < 1.29 is 14.8 Å². The summed E-state index contributed by atoms with van der Waals surface area (Å²) in [4.78, 5) is 22.5. The van der Waals surface area contributed by atoms with Crippen LogP contribution >= 0.6 is 0 Å². The van der Waals surface area contributed by atoms with E-state index in [1.807, 2.05) is 13.8 Å². The SMILES string of the molecule is CC(C)N(CC(=O)O)c1cccc([N+](=O)[O-])c1. The van der Waals surface area contributed by atoms with Gasteiger partial charge in [-0.05, 0) is 19.9 Å². The van der Waals surface area contributed by atoms with E-state index >= 15 is 0 Å². The van der Waals surface area contributed by atoms with Crippen LogP contribution in [0.5, 0.6) is 0 Å². The maximum atomic E-state index is 10.7. The third-order valence-electron chi connectivity index (χ3n) is 2.30. The maximum absolute atomic E-state index is 10.7. The highest BCUT2D eigenvalue weighted by Crippen LogP contribution is 2.22. The summed E-state index contributed by atoms with van der Waals surface area (Å²) in [5.41, 5.74) is 0.495. The van der Waals surface area contributed by atoms with Gasteiger partial charge in [0.2, 0.25) is 0 Å². The van der Waals surface area contributed by atoms with Crippen LogP contribution in [0.2, 0.25) is 0 Å². The summed E-state index contributed by atoms with van der Waals surface area (Å²) in [5.74, 6) is -0.967. The van der Waals surface area contributed by atoms with E-state index in [1.54, 1.807) is 17.0 Å². The molecule has 1 N–H and O–H groups in total. The predicted octanol–water partition coefficient (Wildman–Crippen LogP) is 1.89. The van der Waals surface area contributed by atoms with Crippen LogP contribution in [-0.2, 0) is 4.79 Å². The zero-order chi connectivity index (χ0) is 13.0. The molecule has 0 unspecified atom stereocenters. The number of rotatable bonds is 5. The molecule has 0 fully saturated rings. The molecule has 92 valence electrons. The molecule has 6 heteroatoms. The minimum Gasteiger partial charge on any atom is -0.480 e. The lowest BCUT2D eigenvalue weighted by atomic mass is 10.2. The van der Waals surface area contributed by atoms with Gasteiger partial charge in [0.05, 0.1) is 4.92 Å². The Bertz CT molecular complexity index is 431. The molecule has 1 aromatic carbocycles. The van der Waals surface area contributed by atoms with Gasteiger partial charge in [-0.1, -0.05) is 6.07 Å². The van der Waals surface area contributed by atoms with Gasteiger partial charge in [-0.3, -0.25) is 14.9 Å². The van der Waals surface area contributed by atoms with Crippen LogP contribution in [0.1, 0.15) is 13.8 Å². The first-order valence-corrected chi connectivity index (χ1v) is 5.14. The highest BCUT2D eigenvalue weighted by Gasteiger charge is 2.16. The first kappa shape index (κ1) is 13.0. The number of hydrogen-bond acceptors (Lipinski definition) is 4. The molecule has 6 nitrogen and oxygen atoms in total. The van der Waals surface area contributed by atoms with E-state index < -0.39 is 10.9 Å². The van der Waals surface area contributed by atoms with Crippen molar-refractivity contribution in [3.05, 3.63) is 34.4 Å². The van der Waals surface area contributed by atoms with Crippen molar-refractivity contribution in [1.29, 1.82) is 0 Å². The molecule has 0 saturated carbocycles. The number of anilines is 1. The molecule has 0 bridgehead atoms. The van der Waals surface area contributed by atoms with E-state index in [0.29, 0.717) is 5.69 Å². The molecule has 0 aliphatic carbocycles. The second kappa shape index (κ2) is 5.29. The van der Waals surface area contributed by atoms with E-state index in [1.165, 1.54) is 12.1 Å². The normalized spacial score (nSPS) is 10.3. The van der Waals surface area contributed by atoms with E-state index in [2.05, 4.69) is 0 Å². The zero-order valence-corrected chi connectivity index (χ0v) is 9.66. The minimum atomic E-state index is -0.967. The Balaban J connectivity index is 3.05. The van der Waals surface area contributed by atoms with Crippen molar-refractivity contribution in [2.75, 3.05) is 11.4 Å². The highest BCUT2D eigenvalue weighted by atomic mass is 16.6. The van der Waals surface area contributed by atoms with Gasteiger partial charge in [0.15, 0.2) is 0 Å². The number of carboxylic acids is 1. The summed E-state index contributed by atoms with van der Waals surface area (Å²) in [5, 5.41) is 19.4. The van der Waals surface area contributed by atoms with Crippen molar-refractivity contribution in [1.82, 2.24) is 0 Å². The average molecular weight is 238 g/mol. The minimum absolute atomic E-state index is 0.0430. The summed E-state index contributed by atoms with van der Waals surface area (Å²) >= 11 is 0. The third kappa shape index (κ3) is 3.44. The van der Waals surface area contributed by atoms with Crippen molar-refractivity contribution in [3.8, 4) is 0 Å². The van der Waals surface area contributed by atoms with Crippen molar-refractivity contribution in [3.63, 3.8) is 0 Å². The zero-order valence-electron chi connectivity index (χ0n) is 9.66. The third-order valence-corrected chi connectivity index (χ3v) is 2.30. The lowest BCUT2D eigenvalue weighted by molar-refractivity contribution is -0.384. The first-order chi connectivity index (χ1) is 7.91. The summed E-state index contributed by atoms with van der Waals surface area (Å²) in [6, 6.07) is 5.92. The lowest BCUT2D eigenvalue weighted by Crippen LogP contribution is -2.35. The number of nitro benzene ring substituents is 1. The molecule has 1 aromatic rings. The fourth-order valence-electron chi connectivity index (χ4n) is 1.50. The van der Waals surface area contributed by atoms with Crippen molar-refractivity contribution in [2.24, 2.45) is 0 Å². The van der Waals surface area contributed by atoms with Gasteiger partial charge in [0.25, 0.3) is 5.69 Å². The summed E-state index contributed by atoms with van der Waals surface area (Å²) in [6.45, 7) is 3.49. The van der Waals surface area contributed by atoms with Gasteiger partial charge in [-0.15, -0.1) is 0 Å². The molecule has 0 heterocycles. The number of non-ortho nitro benzene ring substituents is 1. The Kier molecular flexibility index (Phi) is 4.03. The average Bonchev–Trinajstić information content (AvgIpc) is 2.25. The standard InChI is InChI=1S/C11H14N2O4/c1-8(2)12(7-11(14)15)9-4-3-5-10(6-9)13(16)17/h3-6,8H,7H2,1-2H3,(H,14,15). The molecular weight excluding hydrogens is 224 g/mol. The molecule has 0 radical (unpaired) electrons. The Labute approximate surface area is 98.6 Å². The first-order valence-electron chi connectivity index (χ1n) is 5.14. The second-order valence-electron chi connectivity index (χ2n) is 3.89. The van der Waals surface area contributed by atoms with Crippen LogP contribution in [0.25, 0.3) is 0 Å². The Morgan fingerprint density at radius 3 is 2.65 bits per heavy atom. The molecule has 0 aliphatic heterocycles. The van der Waals surface area contributed by atoms with Crippen LogP contribution in [0.3, 0.4) is 0 Å². The number of aliphatic carboxylic acids is 1. The van der Waals surface area contributed by atoms with E-state index in [0.717, 1.165) is 0 Å². The van der Waals surface area contributed by atoms with Gasteiger partial charge in [0, 0.05) is 23.9 Å². The monoisotopic (exact) mass is 238 g/mol. The van der Waals surface area contributed by atoms with E-state index in [-0.39, 0.29) is 18.3 Å². The van der Waals surface area contributed by atoms with Crippen LogP contribution < -0.4 is 4.90 Å². The van der Waals surface area contributed by atoms with E-state index in [4.69, 9.17) is 5.11 Å². The number of benzene rings is 1. The smallest absolute Gasteiger partial charge is 0.323 e.